The van der Waals surface area contributed by atoms with Crippen LogP contribution in [0.1, 0.15) is 33.6 Å². The first-order valence-electron chi connectivity index (χ1n) is 9.03. The normalized spacial score (nSPS) is 28.1. The number of hydrogen-bond donors (Lipinski definition) is 1. The van der Waals surface area contributed by atoms with Gasteiger partial charge in [0.05, 0.1) is 23.6 Å². The summed E-state index contributed by atoms with van der Waals surface area (Å²) in [6.07, 6.45) is 2.72. The van der Waals surface area contributed by atoms with Gasteiger partial charge in [0.1, 0.15) is 5.82 Å². The van der Waals surface area contributed by atoms with Crippen LogP contribution in [0.2, 0.25) is 0 Å². The summed E-state index contributed by atoms with van der Waals surface area (Å²) in [5, 5.41) is 0. The van der Waals surface area contributed by atoms with Crippen LogP contribution in [0.25, 0.3) is 0 Å². The number of nitrogen functional groups attached to an aromatic ring is 1. The number of nitrogens with zero attached hydrogens (tertiary/aromatic N) is 2. The third-order valence-corrected chi connectivity index (χ3v) is 5.41. The maximum atomic E-state index is 14.1. The number of para-hydroxylation sites is 1. The summed E-state index contributed by atoms with van der Waals surface area (Å²) in [5.41, 5.74) is 7.38. The molecule has 4 nitrogen and oxygen atoms in total. The zero-order valence-corrected chi connectivity index (χ0v) is 15.1. The summed E-state index contributed by atoms with van der Waals surface area (Å²) in [6, 6.07) is 4.95. The summed E-state index contributed by atoms with van der Waals surface area (Å²) >= 11 is 0. The minimum Gasteiger partial charge on any atom is -0.397 e. The molecule has 0 bridgehead atoms. The van der Waals surface area contributed by atoms with Crippen molar-refractivity contribution in [2.45, 2.75) is 45.8 Å². The van der Waals surface area contributed by atoms with Crippen LogP contribution in [0.5, 0.6) is 0 Å². The van der Waals surface area contributed by atoms with Gasteiger partial charge in [0.25, 0.3) is 0 Å². The van der Waals surface area contributed by atoms with E-state index >= 15 is 0 Å². The largest absolute Gasteiger partial charge is 0.397 e. The lowest BCUT2D eigenvalue weighted by molar-refractivity contribution is -0.0781. The lowest BCUT2D eigenvalue weighted by Gasteiger charge is -2.45. The molecule has 3 rings (SSSR count). The van der Waals surface area contributed by atoms with Crippen molar-refractivity contribution in [2.75, 3.05) is 43.4 Å². The number of halogens is 1. The van der Waals surface area contributed by atoms with Crippen LogP contribution in [0, 0.1) is 11.2 Å². The Morgan fingerprint density at radius 3 is 2.42 bits per heavy atom. The van der Waals surface area contributed by atoms with Crippen LogP contribution in [0.15, 0.2) is 18.2 Å². The highest BCUT2D eigenvalue weighted by atomic mass is 19.1. The lowest BCUT2D eigenvalue weighted by Crippen LogP contribution is -2.51. The molecule has 2 atom stereocenters. The van der Waals surface area contributed by atoms with Crippen molar-refractivity contribution in [1.29, 1.82) is 0 Å². The second-order valence-electron chi connectivity index (χ2n) is 7.93. The van der Waals surface area contributed by atoms with Gasteiger partial charge in [-0.25, -0.2) is 4.39 Å². The van der Waals surface area contributed by atoms with Crippen molar-refractivity contribution in [3.8, 4) is 0 Å². The molecule has 2 fully saturated rings. The summed E-state index contributed by atoms with van der Waals surface area (Å²) in [6.45, 7) is 11.5. The summed E-state index contributed by atoms with van der Waals surface area (Å²) in [7, 11) is 0. The van der Waals surface area contributed by atoms with Gasteiger partial charge in [-0.15, -0.1) is 0 Å². The Hall–Kier alpha value is -1.33. The van der Waals surface area contributed by atoms with Gasteiger partial charge in [-0.05, 0) is 44.2 Å². The minimum atomic E-state index is -0.213. The second-order valence-corrected chi connectivity index (χ2v) is 7.93. The molecular weight excluding hydrogens is 305 g/mol. The molecule has 134 valence electrons. The Kier molecular flexibility index (Phi) is 5.02. The van der Waals surface area contributed by atoms with Crippen molar-refractivity contribution in [1.82, 2.24) is 4.90 Å². The fourth-order valence-corrected chi connectivity index (χ4v) is 4.25. The fraction of sp³-hybridized carbons (Fsp3) is 0.684. The second kappa shape index (κ2) is 6.89. The predicted octanol–water partition coefficient (Wildman–Crippen LogP) is 3.12. The average Bonchev–Trinajstić information content (AvgIpc) is 2.48. The SMILES string of the molecule is C[C@@H]1CN(CC2(C)CCN(c3c(N)cccc3F)CC2)C[C@H](C)O1. The first-order valence-corrected chi connectivity index (χ1v) is 9.03. The fourth-order valence-electron chi connectivity index (χ4n) is 4.25. The molecule has 1 aromatic rings. The van der Waals surface area contributed by atoms with E-state index < -0.39 is 0 Å². The molecule has 0 saturated carbocycles. The molecule has 2 aliphatic rings. The first-order chi connectivity index (χ1) is 11.4. The third-order valence-electron chi connectivity index (χ3n) is 5.41. The maximum Gasteiger partial charge on any atom is 0.148 e. The number of piperidine rings is 1. The van der Waals surface area contributed by atoms with Gasteiger partial charge < -0.3 is 15.4 Å². The van der Waals surface area contributed by atoms with Crippen LogP contribution < -0.4 is 10.6 Å². The third kappa shape index (κ3) is 3.83. The molecule has 24 heavy (non-hydrogen) atoms. The molecule has 1 aromatic carbocycles. The van der Waals surface area contributed by atoms with Crippen molar-refractivity contribution in [3.05, 3.63) is 24.0 Å². The molecule has 2 N–H and O–H groups in total. The van der Waals surface area contributed by atoms with E-state index in [0.717, 1.165) is 45.6 Å². The number of benzene rings is 1. The summed E-state index contributed by atoms with van der Waals surface area (Å²) in [5.74, 6) is -0.213. The van der Waals surface area contributed by atoms with E-state index in [1.807, 2.05) is 0 Å². The number of rotatable bonds is 3. The zero-order valence-electron chi connectivity index (χ0n) is 15.1. The monoisotopic (exact) mass is 335 g/mol. The van der Waals surface area contributed by atoms with Gasteiger partial charge in [-0.3, -0.25) is 4.90 Å². The zero-order chi connectivity index (χ0) is 17.3. The number of nitrogens with two attached hydrogens (primary N) is 1. The molecule has 0 aromatic heterocycles. The number of ether oxygens (including phenoxy) is 1. The van der Waals surface area contributed by atoms with E-state index in [2.05, 4.69) is 30.6 Å². The Morgan fingerprint density at radius 1 is 1.21 bits per heavy atom. The molecule has 0 unspecified atom stereocenters. The van der Waals surface area contributed by atoms with E-state index in [1.165, 1.54) is 6.07 Å². The average molecular weight is 335 g/mol. The maximum absolute atomic E-state index is 14.1. The molecule has 5 heteroatoms. The van der Waals surface area contributed by atoms with Crippen LogP contribution in [0.4, 0.5) is 15.8 Å². The molecule has 0 aliphatic carbocycles. The van der Waals surface area contributed by atoms with Gasteiger partial charge in [0.2, 0.25) is 0 Å². The van der Waals surface area contributed by atoms with E-state index in [4.69, 9.17) is 10.5 Å². The molecule has 0 spiro atoms. The lowest BCUT2D eigenvalue weighted by atomic mass is 9.79. The first kappa shape index (κ1) is 17.5. The van der Waals surface area contributed by atoms with Gasteiger partial charge in [-0.2, -0.15) is 0 Å². The van der Waals surface area contributed by atoms with Crippen LogP contribution >= 0.6 is 0 Å². The Morgan fingerprint density at radius 2 is 1.83 bits per heavy atom. The van der Waals surface area contributed by atoms with Crippen LogP contribution in [-0.4, -0.2) is 49.8 Å². The van der Waals surface area contributed by atoms with Gasteiger partial charge in [0, 0.05) is 32.7 Å². The summed E-state index contributed by atoms with van der Waals surface area (Å²) in [4.78, 5) is 4.64. The number of morpholine rings is 1. The van der Waals surface area contributed by atoms with Crippen molar-refractivity contribution in [3.63, 3.8) is 0 Å². The Labute approximate surface area is 144 Å². The predicted molar refractivity (Wildman–Crippen MR) is 96.8 cm³/mol. The van der Waals surface area contributed by atoms with Crippen molar-refractivity contribution < 1.29 is 9.13 Å². The highest BCUT2D eigenvalue weighted by Crippen LogP contribution is 2.37. The molecule has 2 saturated heterocycles. The van der Waals surface area contributed by atoms with Crippen molar-refractivity contribution >= 4 is 11.4 Å². The van der Waals surface area contributed by atoms with Crippen LogP contribution in [-0.2, 0) is 4.74 Å². The minimum absolute atomic E-state index is 0.213. The van der Waals surface area contributed by atoms with Gasteiger partial charge in [0.15, 0.2) is 0 Å². The summed E-state index contributed by atoms with van der Waals surface area (Å²) < 4.78 is 20.0. The Bertz CT molecular complexity index is 541. The van der Waals surface area contributed by atoms with E-state index in [9.17, 15) is 4.39 Å². The topological polar surface area (TPSA) is 41.7 Å². The van der Waals surface area contributed by atoms with Gasteiger partial charge in [-0.1, -0.05) is 13.0 Å². The molecule has 2 aliphatic heterocycles. The molecule has 0 radical (unpaired) electrons. The number of anilines is 2. The standard InChI is InChI=1S/C19H30FN3O/c1-14-11-22(12-15(2)24-14)13-19(3)7-9-23(10-8-19)18-16(20)5-4-6-17(18)21/h4-6,14-15H,7-13,21H2,1-3H3/t14-,15+. The molecule has 0 amide bonds. The highest BCUT2D eigenvalue weighted by molar-refractivity contribution is 5.68. The highest BCUT2D eigenvalue weighted by Gasteiger charge is 2.35. The van der Waals surface area contributed by atoms with Gasteiger partial charge >= 0.3 is 0 Å². The van der Waals surface area contributed by atoms with E-state index in [-0.39, 0.29) is 11.2 Å². The Balaban J connectivity index is 1.61. The molecular formula is C19H30FN3O. The quantitative estimate of drug-likeness (QED) is 0.862. The smallest absolute Gasteiger partial charge is 0.148 e. The molecule has 2 heterocycles. The number of hydrogen-bond acceptors (Lipinski definition) is 4. The van der Waals surface area contributed by atoms with Crippen molar-refractivity contribution in [2.24, 2.45) is 5.41 Å². The van der Waals surface area contributed by atoms with Crippen LogP contribution in [0.3, 0.4) is 0 Å². The van der Waals surface area contributed by atoms with E-state index in [1.54, 1.807) is 12.1 Å². The van der Waals surface area contributed by atoms with E-state index in [0.29, 0.717) is 23.6 Å².